The van der Waals surface area contributed by atoms with Crippen LogP contribution in [0, 0.1) is 0 Å². The zero-order valence-electron chi connectivity index (χ0n) is 12.5. The molecule has 23 heavy (non-hydrogen) atoms. The van der Waals surface area contributed by atoms with Crippen LogP contribution in [-0.2, 0) is 12.8 Å². The van der Waals surface area contributed by atoms with Crippen molar-refractivity contribution in [3.8, 4) is 11.5 Å². The summed E-state index contributed by atoms with van der Waals surface area (Å²) >= 11 is 24.1. The average Bonchev–Trinajstić information content (AvgIpc) is 2.57. The molecule has 2 aromatic rings. The zero-order chi connectivity index (χ0) is 16.7. The fraction of sp³-hybridized carbons (Fsp3) is 0.333. The molecular weight excluding hydrogens is 374 g/mol. The lowest BCUT2D eigenvalue weighted by molar-refractivity contribution is 0.481. The predicted molar refractivity (Wildman–Crippen MR) is 101 cm³/mol. The fourth-order valence-electron chi connectivity index (χ4n) is 2.27. The van der Waals surface area contributed by atoms with Crippen molar-refractivity contribution in [3.05, 3.63) is 59.7 Å². The highest BCUT2D eigenvalue weighted by molar-refractivity contribution is 6.28. The van der Waals surface area contributed by atoms with Gasteiger partial charge < -0.3 is 4.74 Å². The van der Waals surface area contributed by atoms with Crippen molar-refractivity contribution in [2.24, 2.45) is 0 Å². The molecule has 2 rings (SSSR count). The van der Waals surface area contributed by atoms with Gasteiger partial charge in [0, 0.05) is 11.8 Å². The monoisotopic (exact) mass is 390 g/mol. The molecule has 0 radical (unpaired) electrons. The van der Waals surface area contributed by atoms with Crippen LogP contribution < -0.4 is 4.74 Å². The lowest BCUT2D eigenvalue weighted by atomic mass is 9.99. The molecule has 0 aliphatic carbocycles. The van der Waals surface area contributed by atoms with Gasteiger partial charge in [-0.25, -0.2) is 0 Å². The van der Waals surface area contributed by atoms with Gasteiger partial charge in [-0.15, -0.1) is 46.4 Å². The summed E-state index contributed by atoms with van der Waals surface area (Å²) in [6.07, 6.45) is 1.36. The molecule has 2 aromatic carbocycles. The molecule has 1 nitrogen and oxygen atoms in total. The molecule has 5 heteroatoms. The third-order valence-corrected chi connectivity index (χ3v) is 5.05. The highest BCUT2D eigenvalue weighted by atomic mass is 35.5. The quantitative estimate of drug-likeness (QED) is 0.482. The second kappa shape index (κ2) is 9.64. The second-order valence-electron chi connectivity index (χ2n) is 5.26. The number of halogens is 4. The number of hydrogen-bond acceptors (Lipinski definition) is 1. The Balaban J connectivity index is 2.23. The summed E-state index contributed by atoms with van der Waals surface area (Å²) in [7, 11) is 0. The summed E-state index contributed by atoms with van der Waals surface area (Å²) in [6.45, 7) is 0. The molecule has 0 heterocycles. The fourth-order valence-corrected chi connectivity index (χ4v) is 2.82. The van der Waals surface area contributed by atoms with Gasteiger partial charge in [-0.05, 0) is 48.2 Å². The largest absolute Gasteiger partial charge is 0.457 e. The van der Waals surface area contributed by atoms with Gasteiger partial charge in [0.15, 0.2) is 0 Å². The van der Waals surface area contributed by atoms with Crippen LogP contribution in [0.4, 0.5) is 0 Å². The van der Waals surface area contributed by atoms with Crippen molar-refractivity contribution in [2.75, 3.05) is 11.8 Å². The third-order valence-electron chi connectivity index (χ3n) is 3.37. The van der Waals surface area contributed by atoms with E-state index in [1.807, 2.05) is 48.5 Å². The Morgan fingerprint density at radius 3 is 1.96 bits per heavy atom. The molecule has 0 saturated heterocycles. The molecular formula is C18H18Cl4O. The molecule has 0 saturated carbocycles. The van der Waals surface area contributed by atoms with E-state index in [1.54, 1.807) is 0 Å². The number of alkyl halides is 4. The topological polar surface area (TPSA) is 9.23 Å². The van der Waals surface area contributed by atoms with Crippen molar-refractivity contribution in [1.82, 2.24) is 0 Å². The Labute approximate surface area is 157 Å². The molecule has 0 aliphatic rings. The maximum Gasteiger partial charge on any atom is 0.127 e. The lowest BCUT2D eigenvalue weighted by Gasteiger charge is -2.15. The average molecular weight is 392 g/mol. The van der Waals surface area contributed by atoms with Gasteiger partial charge in [0.2, 0.25) is 0 Å². The Kier molecular flexibility index (Phi) is 7.85. The first kappa shape index (κ1) is 18.7. The van der Waals surface area contributed by atoms with E-state index < -0.39 is 0 Å². The van der Waals surface area contributed by atoms with Crippen LogP contribution in [0.15, 0.2) is 48.5 Å². The van der Waals surface area contributed by atoms with Crippen molar-refractivity contribution < 1.29 is 4.74 Å². The Bertz CT molecular complexity index is 603. The van der Waals surface area contributed by atoms with Crippen LogP contribution >= 0.6 is 46.4 Å². The lowest BCUT2D eigenvalue weighted by Crippen LogP contribution is -2.11. The van der Waals surface area contributed by atoms with Gasteiger partial charge in [-0.3, -0.25) is 0 Å². The van der Waals surface area contributed by atoms with Crippen LogP contribution in [0.5, 0.6) is 11.5 Å². The van der Waals surface area contributed by atoms with Crippen LogP contribution in [-0.4, -0.2) is 22.5 Å². The molecule has 2 atom stereocenters. The van der Waals surface area contributed by atoms with E-state index in [4.69, 9.17) is 51.1 Å². The normalized spacial score (nSPS) is 13.6. The summed E-state index contributed by atoms with van der Waals surface area (Å²) < 4.78 is 5.89. The first-order chi connectivity index (χ1) is 11.1. The minimum Gasteiger partial charge on any atom is -0.457 e. The van der Waals surface area contributed by atoms with Gasteiger partial charge in [0.25, 0.3) is 0 Å². The number of ether oxygens (including phenoxy) is 1. The van der Waals surface area contributed by atoms with E-state index in [1.165, 1.54) is 0 Å². The van der Waals surface area contributed by atoms with Gasteiger partial charge in [-0.2, -0.15) is 0 Å². The van der Waals surface area contributed by atoms with Crippen LogP contribution in [0.3, 0.4) is 0 Å². The molecule has 0 bridgehead atoms. The Morgan fingerprint density at radius 2 is 1.35 bits per heavy atom. The second-order valence-corrected chi connectivity index (χ2v) is 7.11. The number of hydrogen-bond donors (Lipinski definition) is 0. The zero-order valence-corrected chi connectivity index (χ0v) is 15.5. The standard InChI is InChI=1S/C18H18Cl4O/c19-11-15(21)8-13-6-7-18(10-14(13)9-16(22)12-20)23-17-4-2-1-3-5-17/h1-7,10,15-16H,8-9,11-12H2. The summed E-state index contributed by atoms with van der Waals surface area (Å²) in [5, 5.41) is -0.242. The Morgan fingerprint density at radius 1 is 0.739 bits per heavy atom. The molecule has 0 fully saturated rings. The van der Waals surface area contributed by atoms with E-state index in [2.05, 4.69) is 0 Å². The van der Waals surface area contributed by atoms with Crippen LogP contribution in [0.1, 0.15) is 11.1 Å². The summed E-state index contributed by atoms with van der Waals surface area (Å²) in [6, 6.07) is 15.6. The highest BCUT2D eigenvalue weighted by Gasteiger charge is 2.13. The maximum absolute atomic E-state index is 6.22. The van der Waals surface area contributed by atoms with E-state index >= 15 is 0 Å². The molecule has 0 amide bonds. The van der Waals surface area contributed by atoms with E-state index in [0.29, 0.717) is 24.6 Å². The first-order valence-electron chi connectivity index (χ1n) is 7.37. The van der Waals surface area contributed by atoms with Gasteiger partial charge in [0.05, 0.1) is 10.8 Å². The number of benzene rings is 2. The molecule has 2 unspecified atom stereocenters. The van der Waals surface area contributed by atoms with Crippen molar-refractivity contribution >= 4 is 46.4 Å². The van der Waals surface area contributed by atoms with Crippen molar-refractivity contribution in [1.29, 1.82) is 0 Å². The SMILES string of the molecule is ClCC(Cl)Cc1ccc(Oc2ccccc2)cc1CC(Cl)CCl. The Hall–Kier alpha value is -0.600. The smallest absolute Gasteiger partial charge is 0.127 e. The third kappa shape index (κ3) is 6.08. The van der Waals surface area contributed by atoms with E-state index in [-0.39, 0.29) is 10.8 Å². The minimum atomic E-state index is -0.132. The molecule has 124 valence electrons. The number of para-hydroxylation sites is 1. The molecule has 0 aromatic heterocycles. The molecule has 0 N–H and O–H groups in total. The van der Waals surface area contributed by atoms with Crippen molar-refractivity contribution in [3.63, 3.8) is 0 Å². The number of rotatable bonds is 8. The first-order valence-corrected chi connectivity index (χ1v) is 9.31. The molecule has 0 aliphatic heterocycles. The minimum absolute atomic E-state index is 0.110. The highest BCUT2D eigenvalue weighted by Crippen LogP contribution is 2.27. The summed E-state index contributed by atoms with van der Waals surface area (Å²) in [5.41, 5.74) is 2.22. The predicted octanol–water partition coefficient (Wildman–Crippen LogP) is 6.26. The van der Waals surface area contributed by atoms with E-state index in [0.717, 1.165) is 22.6 Å². The molecule has 0 spiro atoms. The summed E-state index contributed by atoms with van der Waals surface area (Å²) in [4.78, 5) is 0. The van der Waals surface area contributed by atoms with Gasteiger partial charge in [0.1, 0.15) is 11.5 Å². The van der Waals surface area contributed by atoms with Gasteiger partial charge in [-0.1, -0.05) is 24.3 Å². The maximum atomic E-state index is 6.22. The van der Waals surface area contributed by atoms with Crippen LogP contribution in [0.2, 0.25) is 0 Å². The van der Waals surface area contributed by atoms with Gasteiger partial charge >= 0.3 is 0 Å². The van der Waals surface area contributed by atoms with E-state index in [9.17, 15) is 0 Å². The summed E-state index contributed by atoms with van der Waals surface area (Å²) in [5.74, 6) is 2.36. The van der Waals surface area contributed by atoms with Crippen molar-refractivity contribution in [2.45, 2.75) is 23.6 Å². The van der Waals surface area contributed by atoms with Crippen LogP contribution in [0.25, 0.3) is 0 Å².